The first kappa shape index (κ1) is 19.2. The molecule has 8 heteroatoms. The van der Waals surface area contributed by atoms with Crippen LogP contribution < -0.4 is 10.1 Å². The molecular formula is C19H28N6O2. The number of rotatable bonds is 7. The highest BCUT2D eigenvalue weighted by atomic mass is 16.5. The predicted molar refractivity (Wildman–Crippen MR) is 104 cm³/mol. The Morgan fingerprint density at radius 2 is 2.11 bits per heavy atom. The molecule has 0 bridgehead atoms. The van der Waals surface area contributed by atoms with Crippen LogP contribution in [0.4, 0.5) is 0 Å². The highest BCUT2D eigenvalue weighted by Crippen LogP contribution is 2.16. The van der Waals surface area contributed by atoms with E-state index in [0.29, 0.717) is 19.0 Å². The van der Waals surface area contributed by atoms with Gasteiger partial charge < -0.3 is 19.5 Å². The van der Waals surface area contributed by atoms with E-state index in [1.54, 1.807) is 12.5 Å². The number of nitrogens with zero attached hydrogens (tertiary/aromatic N) is 5. The highest BCUT2D eigenvalue weighted by Gasteiger charge is 2.20. The van der Waals surface area contributed by atoms with Crippen molar-refractivity contribution in [3.63, 3.8) is 0 Å². The van der Waals surface area contributed by atoms with Crippen LogP contribution in [0.3, 0.4) is 0 Å². The van der Waals surface area contributed by atoms with Crippen LogP contribution in [0.1, 0.15) is 25.1 Å². The molecule has 3 rings (SSSR count). The molecular weight excluding hydrogens is 344 g/mol. The van der Waals surface area contributed by atoms with E-state index in [0.717, 1.165) is 56.5 Å². The SMILES string of the molecule is CCNC(=NCc1cccnc1OCC)N1CCN(Cc2ccon2)CC1. The summed E-state index contributed by atoms with van der Waals surface area (Å²) in [4.78, 5) is 13.8. The summed E-state index contributed by atoms with van der Waals surface area (Å²) in [5, 5.41) is 7.40. The van der Waals surface area contributed by atoms with E-state index >= 15 is 0 Å². The van der Waals surface area contributed by atoms with Crippen molar-refractivity contribution in [2.75, 3.05) is 39.3 Å². The van der Waals surface area contributed by atoms with Crippen LogP contribution in [0.25, 0.3) is 0 Å². The van der Waals surface area contributed by atoms with Crippen LogP contribution >= 0.6 is 0 Å². The molecule has 0 radical (unpaired) electrons. The van der Waals surface area contributed by atoms with Gasteiger partial charge in [0.2, 0.25) is 5.88 Å². The van der Waals surface area contributed by atoms with Gasteiger partial charge in [0.15, 0.2) is 5.96 Å². The third kappa shape index (κ3) is 5.43. The first-order chi connectivity index (χ1) is 13.3. The smallest absolute Gasteiger partial charge is 0.218 e. The Labute approximate surface area is 160 Å². The molecule has 1 aliphatic heterocycles. The molecule has 27 heavy (non-hydrogen) atoms. The second-order valence-electron chi connectivity index (χ2n) is 6.32. The van der Waals surface area contributed by atoms with E-state index in [1.165, 1.54) is 0 Å². The Balaban J connectivity index is 1.59. The molecule has 2 aromatic heterocycles. The Hall–Kier alpha value is -2.61. The maximum absolute atomic E-state index is 5.60. The van der Waals surface area contributed by atoms with Crippen molar-refractivity contribution < 1.29 is 9.26 Å². The minimum absolute atomic E-state index is 0.546. The number of guanidine groups is 1. The summed E-state index contributed by atoms with van der Waals surface area (Å²) in [5.41, 5.74) is 1.98. The van der Waals surface area contributed by atoms with Crippen LogP contribution in [0, 0.1) is 0 Å². The molecule has 8 nitrogen and oxygen atoms in total. The standard InChI is InChI=1S/C19H28N6O2/c1-3-20-19(22-14-16-6-5-8-21-18(16)26-4-2)25-11-9-24(10-12-25)15-17-7-13-27-23-17/h5-8,13H,3-4,9-12,14-15H2,1-2H3,(H,20,22). The first-order valence-corrected chi connectivity index (χ1v) is 9.51. The maximum Gasteiger partial charge on any atom is 0.218 e. The predicted octanol–water partition coefficient (Wildman–Crippen LogP) is 1.75. The number of nitrogens with one attached hydrogen (secondary N) is 1. The topological polar surface area (TPSA) is 79.0 Å². The molecule has 0 aromatic carbocycles. The minimum atomic E-state index is 0.546. The number of hydrogen-bond donors (Lipinski definition) is 1. The van der Waals surface area contributed by atoms with Crippen molar-refractivity contribution in [1.82, 2.24) is 25.3 Å². The number of piperazine rings is 1. The van der Waals surface area contributed by atoms with Gasteiger partial charge in [0.25, 0.3) is 0 Å². The Morgan fingerprint density at radius 1 is 1.26 bits per heavy atom. The van der Waals surface area contributed by atoms with Gasteiger partial charge in [-0.25, -0.2) is 9.98 Å². The highest BCUT2D eigenvalue weighted by molar-refractivity contribution is 5.80. The fourth-order valence-electron chi connectivity index (χ4n) is 3.06. The van der Waals surface area contributed by atoms with Gasteiger partial charge in [0, 0.05) is 57.1 Å². The fourth-order valence-corrected chi connectivity index (χ4v) is 3.06. The average Bonchev–Trinajstić information content (AvgIpc) is 3.20. The molecule has 1 fully saturated rings. The third-order valence-electron chi connectivity index (χ3n) is 4.41. The molecule has 0 aliphatic carbocycles. The number of aliphatic imine (C=N–C) groups is 1. The molecule has 0 spiro atoms. The van der Waals surface area contributed by atoms with Gasteiger partial charge in [-0.1, -0.05) is 11.2 Å². The van der Waals surface area contributed by atoms with Crippen molar-refractivity contribution in [1.29, 1.82) is 0 Å². The van der Waals surface area contributed by atoms with Crippen LogP contribution in [-0.2, 0) is 13.1 Å². The number of aromatic nitrogens is 2. The van der Waals surface area contributed by atoms with Crippen LogP contribution in [-0.4, -0.2) is 65.2 Å². The zero-order valence-electron chi connectivity index (χ0n) is 16.1. The van der Waals surface area contributed by atoms with Crippen molar-refractivity contribution in [2.45, 2.75) is 26.9 Å². The number of hydrogen-bond acceptors (Lipinski definition) is 6. The molecule has 146 valence electrons. The molecule has 1 N–H and O–H groups in total. The average molecular weight is 372 g/mol. The lowest BCUT2D eigenvalue weighted by molar-refractivity contribution is 0.169. The molecule has 1 saturated heterocycles. The van der Waals surface area contributed by atoms with E-state index in [4.69, 9.17) is 14.3 Å². The van der Waals surface area contributed by atoms with Crippen LogP contribution in [0.5, 0.6) is 5.88 Å². The van der Waals surface area contributed by atoms with Crippen LogP contribution in [0.15, 0.2) is 40.2 Å². The molecule has 2 aromatic rings. The summed E-state index contributed by atoms with van der Waals surface area (Å²) < 4.78 is 10.5. The lowest BCUT2D eigenvalue weighted by Crippen LogP contribution is -2.52. The van der Waals surface area contributed by atoms with Gasteiger partial charge in [0.05, 0.1) is 18.8 Å². The van der Waals surface area contributed by atoms with Crippen molar-refractivity contribution in [2.24, 2.45) is 4.99 Å². The molecule has 1 aliphatic rings. The van der Waals surface area contributed by atoms with Crippen molar-refractivity contribution >= 4 is 5.96 Å². The second-order valence-corrected chi connectivity index (χ2v) is 6.32. The van der Waals surface area contributed by atoms with Gasteiger partial charge in [-0.15, -0.1) is 0 Å². The molecule has 0 unspecified atom stereocenters. The van der Waals surface area contributed by atoms with Gasteiger partial charge in [-0.3, -0.25) is 4.90 Å². The van der Waals surface area contributed by atoms with Gasteiger partial charge in [-0.05, 0) is 19.9 Å². The Morgan fingerprint density at radius 3 is 2.81 bits per heavy atom. The largest absolute Gasteiger partial charge is 0.478 e. The summed E-state index contributed by atoms with van der Waals surface area (Å²) in [6.45, 7) is 10.6. The number of ether oxygens (including phenoxy) is 1. The van der Waals surface area contributed by atoms with E-state index < -0.39 is 0 Å². The van der Waals surface area contributed by atoms with E-state index in [9.17, 15) is 0 Å². The zero-order valence-corrected chi connectivity index (χ0v) is 16.1. The summed E-state index contributed by atoms with van der Waals surface area (Å²) in [5.74, 6) is 1.60. The maximum atomic E-state index is 5.60. The summed E-state index contributed by atoms with van der Waals surface area (Å²) in [6.07, 6.45) is 3.37. The minimum Gasteiger partial charge on any atom is -0.478 e. The van der Waals surface area contributed by atoms with Gasteiger partial charge in [0.1, 0.15) is 6.26 Å². The summed E-state index contributed by atoms with van der Waals surface area (Å²) >= 11 is 0. The van der Waals surface area contributed by atoms with Crippen LogP contribution in [0.2, 0.25) is 0 Å². The normalized spacial score (nSPS) is 15.8. The van der Waals surface area contributed by atoms with E-state index in [-0.39, 0.29) is 0 Å². The van der Waals surface area contributed by atoms with E-state index in [1.807, 2.05) is 25.1 Å². The van der Waals surface area contributed by atoms with E-state index in [2.05, 4.69) is 32.2 Å². The van der Waals surface area contributed by atoms with Gasteiger partial charge >= 0.3 is 0 Å². The molecule has 0 saturated carbocycles. The lowest BCUT2D eigenvalue weighted by Gasteiger charge is -2.36. The molecule has 0 amide bonds. The Bertz CT molecular complexity index is 711. The molecule has 0 atom stereocenters. The molecule has 3 heterocycles. The van der Waals surface area contributed by atoms with Crippen molar-refractivity contribution in [3.05, 3.63) is 41.9 Å². The Kier molecular flexibility index (Phi) is 7.04. The summed E-state index contributed by atoms with van der Waals surface area (Å²) in [6, 6.07) is 5.85. The first-order valence-electron chi connectivity index (χ1n) is 9.51. The second kappa shape index (κ2) is 9.91. The van der Waals surface area contributed by atoms with Crippen molar-refractivity contribution in [3.8, 4) is 5.88 Å². The quantitative estimate of drug-likeness (QED) is 0.586. The monoisotopic (exact) mass is 372 g/mol. The lowest BCUT2D eigenvalue weighted by atomic mass is 10.2. The van der Waals surface area contributed by atoms with Gasteiger partial charge in [-0.2, -0.15) is 0 Å². The summed E-state index contributed by atoms with van der Waals surface area (Å²) in [7, 11) is 0. The zero-order chi connectivity index (χ0) is 18.9. The fraction of sp³-hybridized carbons (Fsp3) is 0.526. The third-order valence-corrected chi connectivity index (χ3v) is 4.41. The number of pyridine rings is 1.